The van der Waals surface area contributed by atoms with E-state index >= 15 is 0 Å². The van der Waals surface area contributed by atoms with Crippen molar-refractivity contribution in [3.63, 3.8) is 0 Å². The standard InChI is InChI=1S/C23H29NO11/c1-5-8-30-22(29)20-18(31-12(2)26)19(32-13(3)27)21(33-14(4)28)23(35-20)34-17-7-6-15(11-25)9-16(17)10-24/h5-7,9,18-21,23,25H,1,8,10-11,24H2,2-4H3/t18-,19-,20-,21+,23+/m0/s1. The Kier molecular flexibility index (Phi) is 10.2. The predicted octanol–water partition coefficient (Wildman–Crippen LogP) is 0.266. The molecule has 0 aromatic heterocycles. The van der Waals surface area contributed by atoms with Crippen LogP contribution in [0.5, 0.6) is 5.75 Å². The monoisotopic (exact) mass is 495 g/mol. The summed E-state index contributed by atoms with van der Waals surface area (Å²) in [5, 5.41) is 9.39. The van der Waals surface area contributed by atoms with E-state index in [4.69, 9.17) is 34.2 Å². The molecule has 1 fully saturated rings. The zero-order valence-corrected chi connectivity index (χ0v) is 19.6. The number of esters is 4. The molecule has 35 heavy (non-hydrogen) atoms. The minimum Gasteiger partial charge on any atom is -0.460 e. The van der Waals surface area contributed by atoms with Gasteiger partial charge in [-0.05, 0) is 17.7 Å². The summed E-state index contributed by atoms with van der Waals surface area (Å²) in [4.78, 5) is 48.4. The highest BCUT2D eigenvalue weighted by atomic mass is 16.7. The van der Waals surface area contributed by atoms with Crippen molar-refractivity contribution >= 4 is 23.9 Å². The number of rotatable bonds is 10. The quantitative estimate of drug-likeness (QED) is 0.258. The fourth-order valence-electron chi connectivity index (χ4n) is 3.41. The Bertz CT molecular complexity index is 947. The Labute approximate surface area is 201 Å². The SMILES string of the molecule is C=CCOC(=O)[C@H]1O[C@@H](Oc2ccc(CO)cc2CN)[C@H](OC(C)=O)[C@@H](OC(C)=O)[C@@H]1OC(C)=O. The molecule has 0 radical (unpaired) electrons. The van der Waals surface area contributed by atoms with Gasteiger partial charge in [-0.15, -0.1) is 0 Å². The van der Waals surface area contributed by atoms with Gasteiger partial charge in [0.1, 0.15) is 12.4 Å². The van der Waals surface area contributed by atoms with E-state index in [0.29, 0.717) is 11.1 Å². The van der Waals surface area contributed by atoms with Gasteiger partial charge >= 0.3 is 23.9 Å². The molecule has 3 N–H and O–H groups in total. The number of benzene rings is 1. The molecule has 1 aromatic rings. The lowest BCUT2D eigenvalue weighted by atomic mass is 9.97. The minimum absolute atomic E-state index is 0.0162. The first-order valence-electron chi connectivity index (χ1n) is 10.6. The molecule has 12 nitrogen and oxygen atoms in total. The van der Waals surface area contributed by atoms with Crippen molar-refractivity contribution in [3.05, 3.63) is 42.0 Å². The molecule has 0 amide bonds. The van der Waals surface area contributed by atoms with Crippen LogP contribution in [0.25, 0.3) is 0 Å². The van der Waals surface area contributed by atoms with Gasteiger partial charge < -0.3 is 39.3 Å². The average Bonchev–Trinajstić information content (AvgIpc) is 2.80. The van der Waals surface area contributed by atoms with Gasteiger partial charge in [-0.2, -0.15) is 0 Å². The van der Waals surface area contributed by atoms with Crippen molar-refractivity contribution in [2.45, 2.75) is 64.6 Å². The van der Waals surface area contributed by atoms with Crippen LogP contribution in [0, 0.1) is 0 Å². The summed E-state index contributed by atoms with van der Waals surface area (Å²) in [6.45, 7) is 6.34. The molecule has 5 atom stereocenters. The van der Waals surface area contributed by atoms with Crippen molar-refractivity contribution in [1.29, 1.82) is 0 Å². The lowest BCUT2D eigenvalue weighted by molar-refractivity contribution is -0.282. The van der Waals surface area contributed by atoms with Gasteiger partial charge in [0.05, 0.1) is 6.61 Å². The summed E-state index contributed by atoms with van der Waals surface area (Å²) in [7, 11) is 0. The Morgan fingerprint density at radius 1 is 1.03 bits per heavy atom. The van der Waals surface area contributed by atoms with Crippen LogP contribution in [-0.4, -0.2) is 66.3 Å². The second-order valence-corrected chi connectivity index (χ2v) is 7.49. The molecular formula is C23H29NO11. The lowest BCUT2D eigenvalue weighted by Crippen LogP contribution is -2.64. The number of hydrogen-bond acceptors (Lipinski definition) is 12. The zero-order chi connectivity index (χ0) is 26.1. The van der Waals surface area contributed by atoms with Gasteiger partial charge in [-0.3, -0.25) is 14.4 Å². The van der Waals surface area contributed by atoms with Gasteiger partial charge in [-0.1, -0.05) is 18.7 Å². The highest BCUT2D eigenvalue weighted by molar-refractivity contribution is 5.77. The van der Waals surface area contributed by atoms with E-state index in [1.807, 2.05) is 0 Å². The summed E-state index contributed by atoms with van der Waals surface area (Å²) in [5.41, 5.74) is 6.84. The molecule has 0 spiro atoms. The third kappa shape index (κ3) is 7.50. The molecule has 0 aliphatic carbocycles. The lowest BCUT2D eigenvalue weighted by Gasteiger charge is -2.43. The number of aliphatic hydroxyl groups is 1. The first-order valence-corrected chi connectivity index (χ1v) is 10.6. The Morgan fingerprint density at radius 3 is 2.17 bits per heavy atom. The van der Waals surface area contributed by atoms with Gasteiger partial charge in [0.25, 0.3) is 0 Å². The van der Waals surface area contributed by atoms with E-state index in [1.165, 1.54) is 12.1 Å². The van der Waals surface area contributed by atoms with Crippen LogP contribution in [-0.2, 0) is 56.0 Å². The molecule has 1 aromatic carbocycles. The molecule has 0 bridgehead atoms. The first-order chi connectivity index (χ1) is 16.6. The highest BCUT2D eigenvalue weighted by Crippen LogP contribution is 2.32. The summed E-state index contributed by atoms with van der Waals surface area (Å²) < 4.78 is 32.7. The van der Waals surface area contributed by atoms with Crippen LogP contribution in [0.3, 0.4) is 0 Å². The Morgan fingerprint density at radius 2 is 1.63 bits per heavy atom. The maximum absolute atomic E-state index is 12.8. The number of nitrogens with two attached hydrogens (primary N) is 1. The fourth-order valence-corrected chi connectivity index (χ4v) is 3.41. The molecule has 12 heteroatoms. The normalized spacial score (nSPS) is 23.5. The topological polar surface area (TPSA) is 170 Å². The Balaban J connectivity index is 2.55. The number of aliphatic hydroxyl groups excluding tert-OH is 1. The summed E-state index contributed by atoms with van der Waals surface area (Å²) in [5.74, 6) is -3.18. The van der Waals surface area contributed by atoms with Gasteiger partial charge in [0, 0.05) is 32.9 Å². The van der Waals surface area contributed by atoms with E-state index in [9.17, 15) is 24.3 Å². The van der Waals surface area contributed by atoms with Gasteiger partial charge in [0.15, 0.2) is 18.3 Å². The van der Waals surface area contributed by atoms with Crippen LogP contribution in [0.15, 0.2) is 30.9 Å². The van der Waals surface area contributed by atoms with E-state index in [1.54, 1.807) is 12.1 Å². The minimum atomic E-state index is -1.61. The van der Waals surface area contributed by atoms with Gasteiger partial charge in [-0.25, -0.2) is 4.79 Å². The van der Waals surface area contributed by atoms with Crippen molar-refractivity contribution in [3.8, 4) is 5.75 Å². The fraction of sp³-hybridized carbons (Fsp3) is 0.478. The summed E-state index contributed by atoms with van der Waals surface area (Å²) in [6.07, 6.45) is -6.27. The second-order valence-electron chi connectivity index (χ2n) is 7.49. The second kappa shape index (κ2) is 12.8. The van der Waals surface area contributed by atoms with Crippen LogP contribution in [0.1, 0.15) is 31.9 Å². The van der Waals surface area contributed by atoms with Crippen LogP contribution >= 0.6 is 0 Å². The number of ether oxygens (including phenoxy) is 6. The maximum atomic E-state index is 12.8. The van der Waals surface area contributed by atoms with E-state index < -0.39 is 54.6 Å². The average molecular weight is 495 g/mol. The highest BCUT2D eigenvalue weighted by Gasteiger charge is 2.56. The number of carbonyl (C=O) groups excluding carboxylic acids is 4. The predicted molar refractivity (Wildman–Crippen MR) is 117 cm³/mol. The van der Waals surface area contributed by atoms with Crippen molar-refractivity contribution < 1.29 is 52.7 Å². The van der Waals surface area contributed by atoms with E-state index in [2.05, 4.69) is 6.58 Å². The van der Waals surface area contributed by atoms with Crippen molar-refractivity contribution in [2.24, 2.45) is 5.73 Å². The molecule has 1 aliphatic rings. The molecule has 1 aliphatic heterocycles. The van der Waals surface area contributed by atoms with Crippen LogP contribution in [0.2, 0.25) is 0 Å². The number of hydrogen-bond donors (Lipinski definition) is 2. The Hall–Kier alpha value is -3.48. The largest absolute Gasteiger partial charge is 0.460 e. The molecule has 0 unspecified atom stereocenters. The molecule has 2 rings (SSSR count). The molecule has 1 saturated heterocycles. The molecule has 192 valence electrons. The first kappa shape index (κ1) is 27.8. The molecule has 0 saturated carbocycles. The van der Waals surface area contributed by atoms with Crippen molar-refractivity contribution in [1.82, 2.24) is 0 Å². The van der Waals surface area contributed by atoms with E-state index in [-0.39, 0.29) is 25.5 Å². The van der Waals surface area contributed by atoms with Crippen molar-refractivity contribution in [2.75, 3.05) is 6.61 Å². The third-order valence-electron chi connectivity index (χ3n) is 4.75. The third-order valence-corrected chi connectivity index (χ3v) is 4.75. The smallest absolute Gasteiger partial charge is 0.339 e. The zero-order valence-electron chi connectivity index (χ0n) is 19.6. The van der Waals surface area contributed by atoms with Gasteiger partial charge in [0.2, 0.25) is 12.4 Å². The molecule has 1 heterocycles. The summed E-state index contributed by atoms with van der Waals surface area (Å²) in [6, 6.07) is 4.67. The van der Waals surface area contributed by atoms with Crippen LogP contribution < -0.4 is 10.5 Å². The van der Waals surface area contributed by atoms with Crippen LogP contribution in [0.4, 0.5) is 0 Å². The maximum Gasteiger partial charge on any atom is 0.339 e. The summed E-state index contributed by atoms with van der Waals surface area (Å²) >= 11 is 0. The van der Waals surface area contributed by atoms with E-state index in [0.717, 1.165) is 20.8 Å². The molecular weight excluding hydrogens is 466 g/mol. The number of carbonyl (C=O) groups is 4.